The van der Waals surface area contributed by atoms with Gasteiger partial charge in [0.2, 0.25) is 5.91 Å². The summed E-state index contributed by atoms with van der Waals surface area (Å²) in [6, 6.07) is -1.03. The predicted octanol–water partition coefficient (Wildman–Crippen LogP) is 5.89. The van der Waals surface area contributed by atoms with Gasteiger partial charge in [-0.1, -0.05) is 48.3 Å². The lowest BCUT2D eigenvalue weighted by molar-refractivity contribution is -0.140. The second kappa shape index (κ2) is 18.3. The fraction of sp³-hybridized carbons (Fsp3) is 0.615. The van der Waals surface area contributed by atoms with Gasteiger partial charge in [0.05, 0.1) is 0 Å². The van der Waals surface area contributed by atoms with Crippen LogP contribution in [0.5, 0.6) is 0 Å². The van der Waals surface area contributed by atoms with Crippen molar-refractivity contribution >= 4 is 35.3 Å². The molecule has 0 aliphatic carbocycles. The first-order chi connectivity index (χ1) is 15.6. The molecule has 2 N–H and O–H groups in total. The van der Waals surface area contributed by atoms with Crippen LogP contribution >= 0.6 is 11.8 Å². The molecule has 0 bridgehead atoms. The Morgan fingerprint density at radius 1 is 0.939 bits per heavy atom. The van der Waals surface area contributed by atoms with Crippen molar-refractivity contribution in [2.75, 3.05) is 11.5 Å². The maximum atomic E-state index is 12.4. The quantitative estimate of drug-likeness (QED) is 0.164. The van der Waals surface area contributed by atoms with Crippen molar-refractivity contribution < 1.29 is 19.5 Å². The first-order valence-electron chi connectivity index (χ1n) is 11.7. The second-order valence-corrected chi connectivity index (χ2v) is 9.62. The molecule has 0 aliphatic rings. The van der Waals surface area contributed by atoms with Crippen LogP contribution in [0.4, 0.5) is 0 Å². The number of nitrogens with one attached hydrogen (secondary N) is 1. The summed E-state index contributed by atoms with van der Waals surface area (Å²) in [7, 11) is 0. The minimum atomic E-state index is -1.09. The van der Waals surface area contributed by atoms with Gasteiger partial charge in [-0.15, -0.1) is 0 Å². The number of carbonyl (C=O) groups is 3. The molecule has 0 unspecified atom stereocenters. The van der Waals surface area contributed by atoms with E-state index in [1.54, 1.807) is 0 Å². The number of carboxylic acid groups (broad SMARTS) is 1. The van der Waals surface area contributed by atoms with Gasteiger partial charge in [0.15, 0.2) is 0 Å². The van der Waals surface area contributed by atoms with E-state index in [9.17, 15) is 19.5 Å². The third-order valence-corrected chi connectivity index (χ3v) is 5.85. The van der Waals surface area contributed by atoms with Crippen LogP contribution in [0.1, 0.15) is 86.5 Å². The number of amides is 2. The molecule has 0 radical (unpaired) electrons. The minimum absolute atomic E-state index is 0.0977. The monoisotopic (exact) mass is 478 g/mol. The standard InChI is InChI=1S/C26H42N2O4S/c1-7-8-15-23(27-22(6)29)25(30)28-24(26(31)32)18-33-17-16-21(5)14-10-13-20(4)12-9-11-19(2)3/h11,13,16,24H,7-10,12,14-15,17-18H2,1-6H3,(H,28,30)(H,31,32)/b20-13+,21-16+,27-23+/t24-/m0/s1. The summed E-state index contributed by atoms with van der Waals surface area (Å²) in [6.07, 6.45) is 12.7. The molecule has 0 aromatic carbocycles. The topological polar surface area (TPSA) is 95.8 Å². The van der Waals surface area contributed by atoms with Crippen LogP contribution in [0, 0.1) is 0 Å². The lowest BCUT2D eigenvalue weighted by atomic mass is 10.1. The molecule has 0 saturated carbocycles. The van der Waals surface area contributed by atoms with Gasteiger partial charge in [0, 0.05) is 18.4 Å². The molecule has 0 heterocycles. The number of thioether (sulfide) groups is 1. The molecule has 0 aromatic heterocycles. The summed E-state index contributed by atoms with van der Waals surface area (Å²) < 4.78 is 0. The number of hydrogen-bond donors (Lipinski definition) is 2. The van der Waals surface area contributed by atoms with E-state index < -0.39 is 23.8 Å². The van der Waals surface area contributed by atoms with Crippen molar-refractivity contribution in [2.45, 2.75) is 92.5 Å². The number of rotatable bonds is 16. The van der Waals surface area contributed by atoms with E-state index in [1.807, 2.05) is 6.92 Å². The van der Waals surface area contributed by atoms with Crippen molar-refractivity contribution in [2.24, 2.45) is 4.99 Å². The van der Waals surface area contributed by atoms with Gasteiger partial charge >= 0.3 is 5.97 Å². The summed E-state index contributed by atoms with van der Waals surface area (Å²) in [5.41, 5.74) is 4.12. The summed E-state index contributed by atoms with van der Waals surface area (Å²) >= 11 is 1.46. The lowest BCUT2D eigenvalue weighted by Crippen LogP contribution is -2.45. The van der Waals surface area contributed by atoms with Gasteiger partial charge in [-0.3, -0.25) is 9.59 Å². The Labute approximate surface area is 204 Å². The Kier molecular flexibility index (Phi) is 17.1. The first kappa shape index (κ1) is 30.9. The van der Waals surface area contributed by atoms with Crippen LogP contribution in [0.3, 0.4) is 0 Å². The van der Waals surface area contributed by atoms with Crippen molar-refractivity contribution in [1.29, 1.82) is 0 Å². The van der Waals surface area contributed by atoms with Gasteiger partial charge in [-0.2, -0.15) is 11.8 Å². The molecule has 0 rings (SSSR count). The number of nitrogens with zero attached hydrogens (tertiary/aromatic N) is 1. The van der Waals surface area contributed by atoms with Gasteiger partial charge in [-0.25, -0.2) is 9.79 Å². The SMILES string of the molecule is CCCC/C(=N\C(C)=O)C(=O)N[C@@H](CSC/C=C(\C)CC/C=C(\C)CCC=C(C)C)C(=O)O. The smallest absolute Gasteiger partial charge is 0.327 e. The molecule has 0 fully saturated rings. The molecule has 6 nitrogen and oxygen atoms in total. The molecule has 7 heteroatoms. The van der Waals surface area contributed by atoms with Crippen molar-refractivity contribution in [3.05, 3.63) is 34.9 Å². The number of allylic oxidation sites excluding steroid dienone is 5. The maximum Gasteiger partial charge on any atom is 0.327 e. The fourth-order valence-electron chi connectivity index (χ4n) is 2.90. The van der Waals surface area contributed by atoms with Gasteiger partial charge in [0.1, 0.15) is 11.8 Å². The predicted molar refractivity (Wildman–Crippen MR) is 140 cm³/mol. The molecule has 0 aliphatic heterocycles. The van der Waals surface area contributed by atoms with Gasteiger partial charge in [0.25, 0.3) is 5.91 Å². The summed E-state index contributed by atoms with van der Waals surface area (Å²) in [4.78, 5) is 39.1. The highest BCUT2D eigenvalue weighted by molar-refractivity contribution is 7.99. The number of unbranched alkanes of at least 4 members (excludes halogenated alkanes) is 1. The third kappa shape index (κ3) is 17.0. The van der Waals surface area contributed by atoms with Crippen LogP contribution in [0.15, 0.2) is 39.9 Å². The zero-order valence-corrected chi connectivity index (χ0v) is 22.0. The van der Waals surface area contributed by atoms with Crippen molar-refractivity contribution in [1.82, 2.24) is 5.32 Å². The number of carbonyl (C=O) groups excluding carboxylic acids is 2. The first-order valence-corrected chi connectivity index (χ1v) is 12.9. The molecule has 0 aromatic rings. The Hall–Kier alpha value is -2.15. The van der Waals surface area contributed by atoms with Crippen LogP contribution in [-0.4, -0.2) is 46.1 Å². The Balaban J connectivity index is 4.58. The molecule has 0 saturated heterocycles. The summed E-state index contributed by atoms with van der Waals surface area (Å²) in [6.45, 7) is 11.7. The largest absolute Gasteiger partial charge is 0.480 e. The van der Waals surface area contributed by atoms with E-state index in [0.717, 1.165) is 32.1 Å². The fourth-order valence-corrected chi connectivity index (χ4v) is 3.90. The van der Waals surface area contributed by atoms with E-state index in [4.69, 9.17) is 0 Å². The number of aliphatic carboxylic acids is 1. The number of carboxylic acids is 1. The van der Waals surface area contributed by atoms with E-state index >= 15 is 0 Å². The van der Waals surface area contributed by atoms with Crippen LogP contribution in [0.25, 0.3) is 0 Å². The molecule has 1 atom stereocenters. The lowest BCUT2D eigenvalue weighted by Gasteiger charge is -2.15. The maximum absolute atomic E-state index is 12.4. The van der Waals surface area contributed by atoms with Gasteiger partial charge in [-0.05, 0) is 66.2 Å². The highest BCUT2D eigenvalue weighted by Gasteiger charge is 2.22. The summed E-state index contributed by atoms with van der Waals surface area (Å²) in [5, 5.41) is 12.0. The highest BCUT2D eigenvalue weighted by Crippen LogP contribution is 2.13. The molecule has 2 amide bonds. The molecular weight excluding hydrogens is 436 g/mol. The molecule has 0 spiro atoms. The number of hydrogen-bond acceptors (Lipinski definition) is 4. The van der Waals surface area contributed by atoms with Crippen molar-refractivity contribution in [3.63, 3.8) is 0 Å². The minimum Gasteiger partial charge on any atom is -0.480 e. The van der Waals surface area contributed by atoms with E-state index in [1.165, 1.54) is 35.4 Å². The third-order valence-electron chi connectivity index (χ3n) is 4.88. The van der Waals surface area contributed by atoms with E-state index in [2.05, 4.69) is 56.2 Å². The molecule has 186 valence electrons. The van der Waals surface area contributed by atoms with E-state index in [0.29, 0.717) is 18.6 Å². The molecular formula is C26H42N2O4S. The van der Waals surface area contributed by atoms with Gasteiger partial charge < -0.3 is 10.4 Å². The Morgan fingerprint density at radius 3 is 2.09 bits per heavy atom. The normalized spacial score (nSPS) is 13.5. The average Bonchev–Trinajstić information content (AvgIpc) is 2.72. The van der Waals surface area contributed by atoms with Crippen LogP contribution in [-0.2, 0) is 14.4 Å². The van der Waals surface area contributed by atoms with Crippen LogP contribution < -0.4 is 5.32 Å². The zero-order valence-electron chi connectivity index (χ0n) is 21.2. The van der Waals surface area contributed by atoms with Crippen molar-refractivity contribution in [3.8, 4) is 0 Å². The Morgan fingerprint density at radius 2 is 1.55 bits per heavy atom. The average molecular weight is 479 g/mol. The zero-order chi connectivity index (χ0) is 25.2. The van der Waals surface area contributed by atoms with E-state index in [-0.39, 0.29) is 11.5 Å². The van der Waals surface area contributed by atoms with Crippen LogP contribution in [0.2, 0.25) is 0 Å². The molecule has 33 heavy (non-hydrogen) atoms. The number of aliphatic imine (C=N–C) groups is 1. The second-order valence-electron chi connectivity index (χ2n) is 8.54. The summed E-state index contributed by atoms with van der Waals surface area (Å²) in [5.74, 6) is -1.21. The Bertz CT molecular complexity index is 762. The highest BCUT2D eigenvalue weighted by atomic mass is 32.2.